The molecule has 0 spiro atoms. The van der Waals surface area contributed by atoms with Crippen LogP contribution >= 0.6 is 0 Å². The van der Waals surface area contributed by atoms with Gasteiger partial charge in [-0.15, -0.1) is 0 Å². The molecule has 2 unspecified atom stereocenters. The summed E-state index contributed by atoms with van der Waals surface area (Å²) in [6, 6.07) is 59.4. The summed E-state index contributed by atoms with van der Waals surface area (Å²) in [4.78, 5) is 10.5. The topological polar surface area (TPSA) is 30.7 Å². The van der Waals surface area contributed by atoms with E-state index in [2.05, 4.69) is 187 Å². The first kappa shape index (κ1) is 30.6. The summed E-state index contributed by atoms with van der Waals surface area (Å²) in [5.74, 6) is 0.796. The average molecular weight is 702 g/mol. The second kappa shape index (κ2) is 11.6. The number of fused-ring (bicyclic) bond motifs is 5. The van der Waals surface area contributed by atoms with Gasteiger partial charge in [0.25, 0.3) is 0 Å². The number of allylic oxidation sites excluding steroid dienone is 5. The van der Waals surface area contributed by atoms with Gasteiger partial charge in [-0.2, -0.15) is 0 Å². The summed E-state index contributed by atoms with van der Waals surface area (Å²) < 4.78 is 2.54. The Labute approximate surface area is 319 Å². The predicted molar refractivity (Wildman–Crippen MR) is 228 cm³/mol. The zero-order valence-corrected chi connectivity index (χ0v) is 30.1. The minimum atomic E-state index is -0.437. The van der Waals surface area contributed by atoms with E-state index in [4.69, 9.17) is 9.97 Å². The third-order valence-corrected chi connectivity index (χ3v) is 12.4. The molecule has 0 N–H and O–H groups in total. The van der Waals surface area contributed by atoms with Crippen molar-refractivity contribution in [3.63, 3.8) is 0 Å². The molecule has 0 aliphatic heterocycles. The number of hydrogen-bond acceptors (Lipinski definition) is 2. The van der Waals surface area contributed by atoms with E-state index in [0.29, 0.717) is 11.8 Å². The molecular formula is C52H35N3. The molecule has 0 bridgehead atoms. The molecular weight excluding hydrogens is 667 g/mol. The summed E-state index contributed by atoms with van der Waals surface area (Å²) in [6.07, 6.45) is 10.6. The monoisotopic (exact) mass is 701 g/mol. The van der Waals surface area contributed by atoms with Crippen LogP contribution in [-0.4, -0.2) is 14.5 Å². The lowest BCUT2D eigenvalue weighted by molar-refractivity contribution is 0.788. The number of nitrogens with zero attached hydrogens (tertiary/aromatic N) is 3. The molecule has 3 aliphatic carbocycles. The van der Waals surface area contributed by atoms with E-state index in [1.54, 1.807) is 0 Å². The SMILES string of the molecule is C1=CC(c2ccccc2)(c2ccc3c(c2)c2ccccc2n3C2=CC=C(c3nc4ccccc4nc3-c3ccccc3)[C@H]3CC23)c2cccc3cccc1c23. The van der Waals surface area contributed by atoms with E-state index in [0.717, 1.165) is 34.4 Å². The Morgan fingerprint density at radius 1 is 0.545 bits per heavy atom. The Morgan fingerprint density at radius 3 is 2.09 bits per heavy atom. The molecule has 0 saturated heterocycles. The van der Waals surface area contributed by atoms with Crippen molar-refractivity contribution in [2.75, 3.05) is 0 Å². The Hall–Kier alpha value is -6.84. The zero-order valence-electron chi connectivity index (χ0n) is 30.1. The summed E-state index contributed by atoms with van der Waals surface area (Å²) in [5, 5.41) is 5.17. The molecule has 7 aromatic carbocycles. The normalized spacial score (nSPS) is 19.8. The molecule has 55 heavy (non-hydrogen) atoms. The van der Waals surface area contributed by atoms with Crippen molar-refractivity contribution < 1.29 is 0 Å². The van der Waals surface area contributed by atoms with E-state index >= 15 is 0 Å². The van der Waals surface area contributed by atoms with Gasteiger partial charge in [0.1, 0.15) is 0 Å². The van der Waals surface area contributed by atoms with Crippen molar-refractivity contribution in [2.45, 2.75) is 11.8 Å². The number of hydrogen-bond donors (Lipinski definition) is 0. The fourth-order valence-electron chi connectivity index (χ4n) is 9.79. The van der Waals surface area contributed by atoms with Gasteiger partial charge in [-0.25, -0.2) is 9.97 Å². The van der Waals surface area contributed by atoms with Crippen LogP contribution in [0.25, 0.3) is 72.2 Å². The summed E-state index contributed by atoms with van der Waals surface area (Å²) in [5.41, 5.74) is 14.8. The molecule has 0 radical (unpaired) electrons. The first-order valence-corrected chi connectivity index (χ1v) is 19.3. The van der Waals surface area contributed by atoms with Crippen molar-refractivity contribution in [2.24, 2.45) is 11.8 Å². The standard InChI is InChI=1S/C52H35N3/c1-3-13-35(14-4-1)50-51(54-45-23-9-8-22-44(45)53-50)39-26-28-48(42-32-40(39)42)55-46-24-10-7-20-38(46)41-31-37(25-27-47(41)55)52(36-18-5-2-6-19-36)30-29-34-16-11-15-33-17-12-21-43(52)49(33)34/h1-31,40,42H,32H2/t40-,42?,52?/m1/s1. The van der Waals surface area contributed by atoms with E-state index in [1.807, 2.05) is 6.07 Å². The molecule has 3 heteroatoms. The molecule has 3 atom stereocenters. The van der Waals surface area contributed by atoms with Crippen LogP contribution < -0.4 is 0 Å². The third kappa shape index (κ3) is 4.44. The average Bonchev–Trinajstić information content (AvgIpc) is 4.00. The molecule has 9 aromatic rings. The third-order valence-electron chi connectivity index (χ3n) is 12.4. The van der Waals surface area contributed by atoms with Crippen molar-refractivity contribution in [1.29, 1.82) is 0 Å². The van der Waals surface area contributed by atoms with Crippen molar-refractivity contribution in [1.82, 2.24) is 14.5 Å². The first-order valence-electron chi connectivity index (χ1n) is 19.3. The van der Waals surface area contributed by atoms with Gasteiger partial charge >= 0.3 is 0 Å². The number of rotatable bonds is 5. The molecule has 12 rings (SSSR count). The zero-order chi connectivity index (χ0) is 36.1. The lowest BCUT2D eigenvalue weighted by atomic mass is 9.65. The van der Waals surface area contributed by atoms with Gasteiger partial charge in [-0.05, 0) is 87.3 Å². The Balaban J connectivity index is 1.05. The van der Waals surface area contributed by atoms with Crippen molar-refractivity contribution >= 4 is 61.0 Å². The molecule has 2 heterocycles. The quantitative estimate of drug-likeness (QED) is 0.179. The van der Waals surface area contributed by atoms with Gasteiger partial charge in [-0.1, -0.05) is 152 Å². The van der Waals surface area contributed by atoms with Crippen LogP contribution in [0.4, 0.5) is 0 Å². The minimum absolute atomic E-state index is 0.391. The van der Waals surface area contributed by atoms with Crippen LogP contribution in [0.2, 0.25) is 0 Å². The van der Waals surface area contributed by atoms with Crippen LogP contribution in [-0.2, 0) is 5.41 Å². The lowest BCUT2D eigenvalue weighted by Crippen LogP contribution is -2.29. The van der Waals surface area contributed by atoms with Gasteiger partial charge in [0.05, 0.1) is 38.9 Å². The minimum Gasteiger partial charge on any atom is -0.313 e. The van der Waals surface area contributed by atoms with Crippen LogP contribution in [0, 0.1) is 11.8 Å². The van der Waals surface area contributed by atoms with Gasteiger partial charge < -0.3 is 4.57 Å². The molecule has 0 amide bonds. The van der Waals surface area contributed by atoms with Crippen molar-refractivity contribution in [3.8, 4) is 11.3 Å². The first-order chi connectivity index (χ1) is 27.3. The maximum atomic E-state index is 5.28. The van der Waals surface area contributed by atoms with Gasteiger partial charge in [0.2, 0.25) is 0 Å². The Bertz CT molecular complexity index is 3120. The summed E-state index contributed by atoms with van der Waals surface area (Å²) in [6.45, 7) is 0. The fourth-order valence-corrected chi connectivity index (χ4v) is 9.79. The van der Waals surface area contributed by atoms with E-state index < -0.39 is 5.41 Å². The molecule has 258 valence electrons. The smallest absolute Gasteiger partial charge is 0.0969 e. The highest BCUT2D eigenvalue weighted by molar-refractivity contribution is 6.11. The van der Waals surface area contributed by atoms with Gasteiger partial charge in [0.15, 0.2) is 0 Å². The highest BCUT2D eigenvalue weighted by Gasteiger charge is 2.47. The van der Waals surface area contributed by atoms with Crippen LogP contribution in [0.1, 0.15) is 34.4 Å². The lowest BCUT2D eigenvalue weighted by Gasteiger charge is -2.37. The Kier molecular flexibility index (Phi) is 6.44. The van der Waals surface area contributed by atoms with Gasteiger partial charge in [0, 0.05) is 28.0 Å². The van der Waals surface area contributed by atoms with Gasteiger partial charge in [-0.3, -0.25) is 0 Å². The second-order valence-corrected chi connectivity index (χ2v) is 15.3. The fraction of sp³-hybridized carbons (Fsp3) is 0.0769. The maximum Gasteiger partial charge on any atom is 0.0969 e. The molecule has 1 saturated carbocycles. The molecule has 3 aliphatic rings. The van der Waals surface area contributed by atoms with E-state index in [9.17, 15) is 0 Å². The second-order valence-electron chi connectivity index (χ2n) is 15.3. The summed E-state index contributed by atoms with van der Waals surface area (Å²) >= 11 is 0. The number of para-hydroxylation sites is 3. The molecule has 1 fully saturated rings. The highest BCUT2D eigenvalue weighted by Crippen LogP contribution is 2.58. The van der Waals surface area contributed by atoms with Crippen molar-refractivity contribution in [3.05, 3.63) is 210 Å². The van der Waals surface area contributed by atoms with Crippen LogP contribution in [0.3, 0.4) is 0 Å². The highest BCUT2D eigenvalue weighted by atomic mass is 15.0. The number of aromatic nitrogens is 3. The predicted octanol–water partition coefficient (Wildman–Crippen LogP) is 12.5. The summed E-state index contributed by atoms with van der Waals surface area (Å²) in [7, 11) is 0. The largest absolute Gasteiger partial charge is 0.313 e. The molecule has 2 aromatic heterocycles. The van der Waals surface area contributed by atoms with E-state index in [-0.39, 0.29) is 0 Å². The number of benzene rings is 7. The maximum absolute atomic E-state index is 5.28. The molecule has 3 nitrogen and oxygen atoms in total. The van der Waals surface area contributed by atoms with Crippen LogP contribution in [0.5, 0.6) is 0 Å². The van der Waals surface area contributed by atoms with Crippen LogP contribution in [0.15, 0.2) is 182 Å². The van der Waals surface area contributed by atoms with E-state index in [1.165, 1.54) is 66.1 Å². The Morgan fingerprint density at radius 2 is 1.25 bits per heavy atom.